The molecule has 1 heterocycles. The molecule has 0 saturated heterocycles. The number of ether oxygens (including phenoxy) is 1. The maximum absolute atomic E-state index is 11.7. The van der Waals surface area contributed by atoms with Gasteiger partial charge in [0.15, 0.2) is 0 Å². The number of hydrogen-bond donors (Lipinski definition) is 0. The predicted molar refractivity (Wildman–Crippen MR) is 40.3 cm³/mol. The first kappa shape index (κ1) is 9.39. The highest BCUT2D eigenvalue weighted by Crippen LogP contribution is 2.14. The Balaban J connectivity index is 2.91. The summed E-state index contributed by atoms with van der Waals surface area (Å²) in [5, 5.41) is 8.51. The standard InChI is InChI=1S/C8H6F2N2O/c1-5-2-7(13-8(9)10)12-4-6(5)3-11/h2,4,8H,1H3. The summed E-state index contributed by atoms with van der Waals surface area (Å²) >= 11 is 0. The first-order valence-corrected chi connectivity index (χ1v) is 3.45. The summed E-state index contributed by atoms with van der Waals surface area (Å²) < 4.78 is 27.5. The average molecular weight is 184 g/mol. The molecule has 5 heteroatoms. The lowest BCUT2D eigenvalue weighted by atomic mass is 10.2. The average Bonchev–Trinajstić information content (AvgIpc) is 2.03. The van der Waals surface area contributed by atoms with Gasteiger partial charge in [0.05, 0.1) is 5.56 Å². The van der Waals surface area contributed by atoms with Crippen molar-refractivity contribution in [1.82, 2.24) is 4.98 Å². The number of alkyl halides is 2. The topological polar surface area (TPSA) is 45.9 Å². The fourth-order valence-corrected chi connectivity index (χ4v) is 0.803. The van der Waals surface area contributed by atoms with Gasteiger partial charge in [0, 0.05) is 12.3 Å². The molecule has 0 spiro atoms. The van der Waals surface area contributed by atoms with Crippen LogP contribution in [0, 0.1) is 18.3 Å². The number of hydrogen-bond acceptors (Lipinski definition) is 3. The Morgan fingerprint density at radius 2 is 2.31 bits per heavy atom. The number of rotatable bonds is 2. The molecule has 1 aromatic rings. The highest BCUT2D eigenvalue weighted by molar-refractivity contribution is 5.36. The van der Waals surface area contributed by atoms with E-state index in [-0.39, 0.29) is 5.88 Å². The van der Waals surface area contributed by atoms with Crippen molar-refractivity contribution < 1.29 is 13.5 Å². The number of nitriles is 1. The van der Waals surface area contributed by atoms with E-state index in [1.54, 1.807) is 6.92 Å². The SMILES string of the molecule is Cc1cc(OC(F)F)ncc1C#N. The third-order valence-corrected chi connectivity index (χ3v) is 1.42. The molecule has 68 valence electrons. The van der Waals surface area contributed by atoms with E-state index in [1.807, 2.05) is 6.07 Å². The van der Waals surface area contributed by atoms with Gasteiger partial charge in [-0.1, -0.05) is 0 Å². The van der Waals surface area contributed by atoms with Crippen molar-refractivity contribution in [3.05, 3.63) is 23.4 Å². The lowest BCUT2D eigenvalue weighted by molar-refractivity contribution is -0.0528. The molecule has 0 unspecified atom stereocenters. The number of nitrogens with zero attached hydrogens (tertiary/aromatic N) is 2. The first-order chi connectivity index (χ1) is 6.13. The normalized spacial score (nSPS) is 9.77. The van der Waals surface area contributed by atoms with Crippen LogP contribution in [0.25, 0.3) is 0 Å². The maximum Gasteiger partial charge on any atom is 0.388 e. The summed E-state index contributed by atoms with van der Waals surface area (Å²) in [6.07, 6.45) is 1.20. The zero-order chi connectivity index (χ0) is 9.84. The van der Waals surface area contributed by atoms with Gasteiger partial charge in [0.2, 0.25) is 5.88 Å². The van der Waals surface area contributed by atoms with Crippen LogP contribution < -0.4 is 4.74 Å². The highest BCUT2D eigenvalue weighted by Gasteiger charge is 2.06. The Hall–Kier alpha value is -1.70. The molecular formula is C8H6F2N2O. The Kier molecular flexibility index (Phi) is 2.75. The third-order valence-electron chi connectivity index (χ3n) is 1.42. The molecule has 13 heavy (non-hydrogen) atoms. The summed E-state index contributed by atoms with van der Waals surface area (Å²) in [5.74, 6) is -0.175. The Morgan fingerprint density at radius 1 is 1.62 bits per heavy atom. The lowest BCUT2D eigenvalue weighted by Crippen LogP contribution is -2.04. The van der Waals surface area contributed by atoms with Crippen molar-refractivity contribution in [2.45, 2.75) is 13.5 Å². The molecule has 0 aromatic carbocycles. The van der Waals surface area contributed by atoms with Crippen LogP contribution in [0.5, 0.6) is 5.88 Å². The van der Waals surface area contributed by atoms with Gasteiger partial charge >= 0.3 is 6.61 Å². The number of halogens is 2. The largest absolute Gasteiger partial charge is 0.417 e. The van der Waals surface area contributed by atoms with E-state index in [0.717, 1.165) is 0 Å². The van der Waals surface area contributed by atoms with Gasteiger partial charge in [-0.2, -0.15) is 14.0 Å². The Labute approximate surface area is 73.6 Å². The molecule has 3 nitrogen and oxygen atoms in total. The second kappa shape index (κ2) is 3.81. The minimum Gasteiger partial charge on any atom is -0.417 e. The molecule has 0 amide bonds. The van der Waals surface area contributed by atoms with E-state index in [1.165, 1.54) is 12.3 Å². The summed E-state index contributed by atoms with van der Waals surface area (Å²) in [6, 6.07) is 3.17. The third kappa shape index (κ3) is 2.37. The minimum atomic E-state index is -2.89. The van der Waals surface area contributed by atoms with E-state index in [0.29, 0.717) is 11.1 Å². The number of aromatic nitrogens is 1. The van der Waals surface area contributed by atoms with E-state index < -0.39 is 6.61 Å². The quantitative estimate of drug-likeness (QED) is 0.704. The van der Waals surface area contributed by atoms with Crippen molar-refractivity contribution in [1.29, 1.82) is 5.26 Å². The summed E-state index contributed by atoms with van der Waals surface area (Å²) in [6.45, 7) is -1.27. The smallest absolute Gasteiger partial charge is 0.388 e. The minimum absolute atomic E-state index is 0.175. The first-order valence-electron chi connectivity index (χ1n) is 3.45. The molecular weight excluding hydrogens is 178 g/mol. The molecule has 0 saturated carbocycles. The van der Waals surface area contributed by atoms with E-state index in [4.69, 9.17) is 5.26 Å². The zero-order valence-electron chi connectivity index (χ0n) is 6.79. The van der Waals surface area contributed by atoms with Crippen LogP contribution in [0.3, 0.4) is 0 Å². The second-order valence-electron chi connectivity index (χ2n) is 2.33. The Morgan fingerprint density at radius 3 is 2.77 bits per heavy atom. The molecule has 1 rings (SSSR count). The van der Waals surface area contributed by atoms with Crippen LogP contribution in [-0.4, -0.2) is 11.6 Å². The van der Waals surface area contributed by atoms with Crippen LogP contribution in [0.1, 0.15) is 11.1 Å². The van der Waals surface area contributed by atoms with E-state index in [2.05, 4.69) is 9.72 Å². The molecule has 0 aliphatic heterocycles. The second-order valence-corrected chi connectivity index (χ2v) is 2.33. The van der Waals surface area contributed by atoms with Crippen LogP contribution in [-0.2, 0) is 0 Å². The van der Waals surface area contributed by atoms with Gasteiger partial charge < -0.3 is 4.74 Å². The molecule has 0 fully saturated rings. The van der Waals surface area contributed by atoms with Crippen LogP contribution in [0.15, 0.2) is 12.3 Å². The highest BCUT2D eigenvalue weighted by atomic mass is 19.3. The maximum atomic E-state index is 11.7. The molecule has 0 aliphatic carbocycles. The molecule has 0 N–H and O–H groups in total. The zero-order valence-corrected chi connectivity index (χ0v) is 6.79. The summed E-state index contributed by atoms with van der Waals surface area (Å²) in [4.78, 5) is 3.53. The van der Waals surface area contributed by atoms with Gasteiger partial charge in [-0.3, -0.25) is 0 Å². The van der Waals surface area contributed by atoms with Crippen LogP contribution in [0.4, 0.5) is 8.78 Å². The molecule has 0 aliphatic rings. The number of pyridine rings is 1. The fraction of sp³-hybridized carbons (Fsp3) is 0.250. The van der Waals surface area contributed by atoms with Gasteiger partial charge in [-0.15, -0.1) is 0 Å². The van der Waals surface area contributed by atoms with E-state index >= 15 is 0 Å². The molecule has 0 atom stereocenters. The fourth-order valence-electron chi connectivity index (χ4n) is 0.803. The predicted octanol–water partition coefficient (Wildman–Crippen LogP) is 1.86. The van der Waals surface area contributed by atoms with Gasteiger partial charge in [0.25, 0.3) is 0 Å². The van der Waals surface area contributed by atoms with E-state index in [9.17, 15) is 8.78 Å². The van der Waals surface area contributed by atoms with Crippen molar-refractivity contribution >= 4 is 0 Å². The van der Waals surface area contributed by atoms with Gasteiger partial charge in [0.1, 0.15) is 6.07 Å². The van der Waals surface area contributed by atoms with Crippen LogP contribution in [0.2, 0.25) is 0 Å². The summed E-state index contributed by atoms with van der Waals surface area (Å²) in [5.41, 5.74) is 0.912. The molecule has 1 aromatic heterocycles. The van der Waals surface area contributed by atoms with Crippen molar-refractivity contribution in [3.8, 4) is 11.9 Å². The molecule has 0 bridgehead atoms. The monoisotopic (exact) mass is 184 g/mol. The van der Waals surface area contributed by atoms with Gasteiger partial charge in [-0.25, -0.2) is 4.98 Å². The molecule has 0 radical (unpaired) electrons. The number of aryl methyl sites for hydroxylation is 1. The van der Waals surface area contributed by atoms with Crippen LogP contribution >= 0.6 is 0 Å². The summed E-state index contributed by atoms with van der Waals surface area (Å²) in [7, 11) is 0. The Bertz CT molecular complexity index is 346. The lowest BCUT2D eigenvalue weighted by Gasteiger charge is -2.03. The van der Waals surface area contributed by atoms with Crippen molar-refractivity contribution in [2.24, 2.45) is 0 Å². The van der Waals surface area contributed by atoms with Crippen molar-refractivity contribution in [3.63, 3.8) is 0 Å². The van der Waals surface area contributed by atoms with Gasteiger partial charge in [-0.05, 0) is 12.5 Å². The van der Waals surface area contributed by atoms with Crippen molar-refractivity contribution in [2.75, 3.05) is 0 Å².